The molecule has 2 N–H and O–H groups in total. The fourth-order valence-electron chi connectivity index (χ4n) is 4.05. The number of alkyl halides is 3. The highest BCUT2D eigenvalue weighted by Crippen LogP contribution is 2.33. The summed E-state index contributed by atoms with van der Waals surface area (Å²) >= 11 is 0. The molecule has 206 valence electrons. The van der Waals surface area contributed by atoms with Crippen LogP contribution in [0, 0.1) is 0 Å². The number of benzene rings is 2. The van der Waals surface area contributed by atoms with Crippen LogP contribution < -0.4 is 20.1 Å². The van der Waals surface area contributed by atoms with Crippen LogP contribution in [0.25, 0.3) is 22.8 Å². The van der Waals surface area contributed by atoms with Crippen LogP contribution in [0.4, 0.5) is 18.9 Å². The van der Waals surface area contributed by atoms with E-state index in [1.807, 2.05) is 0 Å². The van der Waals surface area contributed by atoms with Gasteiger partial charge in [0.2, 0.25) is 0 Å². The van der Waals surface area contributed by atoms with Crippen molar-refractivity contribution in [1.82, 2.24) is 25.1 Å². The van der Waals surface area contributed by atoms with Crippen LogP contribution in [0.5, 0.6) is 11.5 Å². The lowest BCUT2D eigenvalue weighted by molar-refractivity contribution is -0.137. The molecule has 40 heavy (non-hydrogen) atoms. The molecular formula is C27H23F3N6O4. The van der Waals surface area contributed by atoms with Gasteiger partial charge in [0.1, 0.15) is 11.4 Å². The van der Waals surface area contributed by atoms with Crippen LogP contribution in [0.15, 0.2) is 60.8 Å². The van der Waals surface area contributed by atoms with Crippen LogP contribution in [0.3, 0.4) is 0 Å². The number of aromatic nitrogens is 4. The number of nitrogens with one attached hydrogen (secondary N) is 2. The second kappa shape index (κ2) is 11.0. The molecule has 0 fully saturated rings. The topological polar surface area (TPSA) is 120 Å². The first kappa shape index (κ1) is 26.7. The Bertz CT molecular complexity index is 1570. The molecule has 10 nitrogen and oxygen atoms in total. The van der Waals surface area contributed by atoms with Crippen molar-refractivity contribution < 1.29 is 32.2 Å². The van der Waals surface area contributed by atoms with E-state index >= 15 is 0 Å². The number of carbonyl (C=O) groups is 2. The fraction of sp³-hybridized carbons (Fsp3) is 0.222. The summed E-state index contributed by atoms with van der Waals surface area (Å²) in [7, 11) is 0. The van der Waals surface area contributed by atoms with Gasteiger partial charge in [0.25, 0.3) is 11.8 Å². The molecule has 0 saturated carbocycles. The number of ether oxygens (including phenoxy) is 2. The highest BCUT2D eigenvalue weighted by Gasteiger charge is 2.30. The summed E-state index contributed by atoms with van der Waals surface area (Å²) < 4.78 is 51.8. The summed E-state index contributed by atoms with van der Waals surface area (Å²) in [5, 5.41) is 9.66. The Balaban J connectivity index is 1.31. The van der Waals surface area contributed by atoms with Crippen LogP contribution in [-0.2, 0) is 17.5 Å². The van der Waals surface area contributed by atoms with E-state index in [9.17, 15) is 22.8 Å². The Labute approximate surface area is 226 Å². The van der Waals surface area contributed by atoms with E-state index in [0.717, 1.165) is 12.1 Å². The van der Waals surface area contributed by atoms with Gasteiger partial charge < -0.3 is 20.1 Å². The number of rotatable bonds is 8. The standard InChI is InChI=1S/C27H23F3N6O4/c1-2-39-23-12-16(25-31-9-8-19(34-25)20-14-21-26(38)32-10-11-36(21)35-20)6-7-22(23)40-15-24(37)33-18-5-3-4-17(13-18)27(28,29)30/h3-9,12-14H,2,10-11,15H2,1H3,(H,32,38)(H,33,37). The van der Waals surface area contributed by atoms with E-state index in [1.54, 1.807) is 48.1 Å². The zero-order valence-electron chi connectivity index (χ0n) is 21.2. The highest BCUT2D eigenvalue weighted by atomic mass is 19.4. The Hall–Kier alpha value is -4.94. The zero-order valence-corrected chi connectivity index (χ0v) is 21.2. The molecule has 0 atom stereocenters. The van der Waals surface area contributed by atoms with Gasteiger partial charge in [-0.05, 0) is 55.5 Å². The van der Waals surface area contributed by atoms with Gasteiger partial charge in [-0.25, -0.2) is 9.97 Å². The van der Waals surface area contributed by atoms with Crippen LogP contribution >= 0.6 is 0 Å². The Morgan fingerprint density at radius 3 is 2.70 bits per heavy atom. The maximum Gasteiger partial charge on any atom is 0.416 e. The third-order valence-corrected chi connectivity index (χ3v) is 5.87. The Kier molecular flexibility index (Phi) is 7.36. The average molecular weight is 553 g/mol. The van der Waals surface area contributed by atoms with Crippen molar-refractivity contribution in [3.8, 4) is 34.3 Å². The summed E-state index contributed by atoms with van der Waals surface area (Å²) in [5.41, 5.74) is 1.26. The molecule has 0 radical (unpaired) electrons. The van der Waals surface area contributed by atoms with Gasteiger partial charge in [-0.1, -0.05) is 6.07 Å². The molecule has 0 spiro atoms. The first-order chi connectivity index (χ1) is 19.2. The number of nitrogens with zero attached hydrogens (tertiary/aromatic N) is 4. The number of carbonyl (C=O) groups excluding carboxylic acids is 2. The van der Waals surface area contributed by atoms with Gasteiger partial charge in [-0.15, -0.1) is 0 Å². The van der Waals surface area contributed by atoms with Crippen LogP contribution in [0.1, 0.15) is 23.0 Å². The van der Waals surface area contributed by atoms with Crippen molar-refractivity contribution in [3.05, 3.63) is 72.1 Å². The third-order valence-electron chi connectivity index (χ3n) is 5.87. The molecule has 0 saturated heterocycles. The van der Waals surface area contributed by atoms with Gasteiger partial charge >= 0.3 is 6.18 Å². The number of amides is 2. The molecule has 0 aliphatic carbocycles. The monoisotopic (exact) mass is 552 g/mol. The zero-order chi connectivity index (χ0) is 28.3. The van der Waals surface area contributed by atoms with Gasteiger partial charge in [-0.2, -0.15) is 18.3 Å². The molecule has 2 aromatic heterocycles. The number of halogens is 3. The average Bonchev–Trinajstić information content (AvgIpc) is 3.38. The van der Waals surface area contributed by atoms with E-state index in [2.05, 4.69) is 25.7 Å². The molecule has 2 amide bonds. The van der Waals surface area contributed by atoms with Crippen molar-refractivity contribution in [3.63, 3.8) is 0 Å². The molecule has 13 heteroatoms. The van der Waals surface area contributed by atoms with Crippen molar-refractivity contribution in [1.29, 1.82) is 0 Å². The fourth-order valence-corrected chi connectivity index (χ4v) is 4.05. The molecule has 1 aliphatic heterocycles. The molecular weight excluding hydrogens is 529 g/mol. The van der Waals surface area contributed by atoms with E-state index in [4.69, 9.17) is 9.47 Å². The predicted molar refractivity (Wildman–Crippen MR) is 138 cm³/mol. The summed E-state index contributed by atoms with van der Waals surface area (Å²) in [6.07, 6.45) is -2.94. The summed E-state index contributed by atoms with van der Waals surface area (Å²) in [4.78, 5) is 33.4. The van der Waals surface area contributed by atoms with Crippen molar-refractivity contribution >= 4 is 17.5 Å². The first-order valence-corrected chi connectivity index (χ1v) is 12.3. The molecule has 0 unspecified atom stereocenters. The van der Waals surface area contributed by atoms with Gasteiger partial charge in [0.05, 0.1) is 24.4 Å². The minimum atomic E-state index is -4.52. The normalized spacial score (nSPS) is 12.8. The minimum absolute atomic E-state index is 0.0000262. The quantitative estimate of drug-likeness (QED) is 0.336. The summed E-state index contributed by atoms with van der Waals surface area (Å²) in [6, 6.07) is 12.6. The Morgan fingerprint density at radius 1 is 1.07 bits per heavy atom. The lowest BCUT2D eigenvalue weighted by Gasteiger charge is -2.14. The van der Waals surface area contributed by atoms with Gasteiger partial charge in [0.15, 0.2) is 23.9 Å². The maximum absolute atomic E-state index is 12.9. The van der Waals surface area contributed by atoms with Crippen molar-refractivity contribution in [2.45, 2.75) is 19.6 Å². The summed E-state index contributed by atoms with van der Waals surface area (Å²) in [6.45, 7) is 2.70. The number of hydrogen-bond donors (Lipinski definition) is 2. The van der Waals surface area contributed by atoms with Gasteiger partial charge in [-0.3, -0.25) is 14.3 Å². The second-order valence-electron chi connectivity index (χ2n) is 8.67. The molecule has 2 aromatic carbocycles. The molecule has 3 heterocycles. The number of anilines is 1. The SMILES string of the molecule is CCOc1cc(-c2nccc(-c3cc4n(n3)CCNC4=O)n2)ccc1OCC(=O)Nc1cccc(C(F)(F)F)c1. The van der Waals surface area contributed by atoms with Crippen LogP contribution in [-0.4, -0.2) is 51.3 Å². The molecule has 0 bridgehead atoms. The second-order valence-corrected chi connectivity index (χ2v) is 8.67. The Morgan fingerprint density at radius 2 is 1.93 bits per heavy atom. The van der Waals surface area contributed by atoms with Crippen LogP contribution in [0.2, 0.25) is 0 Å². The predicted octanol–water partition coefficient (Wildman–Crippen LogP) is 4.19. The smallest absolute Gasteiger partial charge is 0.416 e. The molecule has 1 aliphatic rings. The highest BCUT2D eigenvalue weighted by molar-refractivity contribution is 5.94. The van der Waals surface area contributed by atoms with Crippen molar-refractivity contribution in [2.75, 3.05) is 25.1 Å². The summed E-state index contributed by atoms with van der Waals surface area (Å²) in [5.74, 6) is 0.129. The lowest BCUT2D eigenvalue weighted by atomic mass is 10.1. The van der Waals surface area contributed by atoms with Gasteiger partial charge in [0, 0.05) is 24.0 Å². The lowest BCUT2D eigenvalue weighted by Crippen LogP contribution is -2.35. The van der Waals surface area contributed by atoms with E-state index < -0.39 is 24.3 Å². The largest absolute Gasteiger partial charge is 0.490 e. The number of hydrogen-bond acceptors (Lipinski definition) is 7. The minimum Gasteiger partial charge on any atom is -0.490 e. The third kappa shape index (κ3) is 5.87. The maximum atomic E-state index is 12.9. The number of fused-ring (bicyclic) bond motifs is 1. The van der Waals surface area contributed by atoms with E-state index in [0.29, 0.717) is 53.9 Å². The molecule has 4 aromatic rings. The molecule has 5 rings (SSSR count). The van der Waals surface area contributed by atoms with E-state index in [1.165, 1.54) is 12.1 Å². The van der Waals surface area contributed by atoms with E-state index in [-0.39, 0.29) is 17.3 Å². The first-order valence-electron chi connectivity index (χ1n) is 12.3. The van der Waals surface area contributed by atoms with Crippen molar-refractivity contribution in [2.24, 2.45) is 0 Å².